The SMILES string of the molecule is C/C(=N/NC(=O)CCc1ccc2ccccc2c1)c1cc(Br)c(C)c(Br)c1O. The molecule has 0 radical (unpaired) electrons. The minimum atomic E-state index is -0.169. The number of hydrogen-bond donors (Lipinski definition) is 2. The molecular formula is C22H20Br2N2O2. The zero-order valence-electron chi connectivity index (χ0n) is 15.6. The van der Waals surface area contributed by atoms with Crippen LogP contribution < -0.4 is 5.43 Å². The fourth-order valence-electron chi connectivity index (χ4n) is 2.89. The highest BCUT2D eigenvalue weighted by Crippen LogP contribution is 2.36. The first-order valence-corrected chi connectivity index (χ1v) is 10.4. The molecule has 0 aromatic heterocycles. The molecule has 0 aliphatic carbocycles. The lowest BCUT2D eigenvalue weighted by atomic mass is 10.0. The van der Waals surface area contributed by atoms with Crippen molar-refractivity contribution >= 4 is 54.3 Å². The van der Waals surface area contributed by atoms with Gasteiger partial charge in [0, 0.05) is 16.5 Å². The van der Waals surface area contributed by atoms with Crippen LogP contribution in [0.1, 0.15) is 30.0 Å². The molecule has 2 N–H and O–H groups in total. The van der Waals surface area contributed by atoms with Crippen LogP contribution in [0.2, 0.25) is 0 Å². The number of halogens is 2. The Labute approximate surface area is 180 Å². The Morgan fingerprint density at radius 1 is 1.11 bits per heavy atom. The van der Waals surface area contributed by atoms with Gasteiger partial charge in [-0.2, -0.15) is 5.10 Å². The lowest BCUT2D eigenvalue weighted by Crippen LogP contribution is -2.19. The summed E-state index contributed by atoms with van der Waals surface area (Å²) in [5.74, 6) is -0.0652. The number of fused-ring (bicyclic) bond motifs is 1. The number of aryl methyl sites for hydroxylation is 1. The highest BCUT2D eigenvalue weighted by Gasteiger charge is 2.14. The lowest BCUT2D eigenvalue weighted by Gasteiger charge is -2.11. The monoisotopic (exact) mass is 502 g/mol. The van der Waals surface area contributed by atoms with Crippen LogP contribution in [0.3, 0.4) is 0 Å². The molecule has 1 amide bonds. The van der Waals surface area contributed by atoms with Gasteiger partial charge in [0.25, 0.3) is 0 Å². The summed E-state index contributed by atoms with van der Waals surface area (Å²) in [6, 6.07) is 16.2. The number of nitrogens with one attached hydrogen (secondary N) is 1. The van der Waals surface area contributed by atoms with Crippen molar-refractivity contribution in [3.63, 3.8) is 0 Å². The Hall–Kier alpha value is -2.18. The molecule has 0 aliphatic heterocycles. The average Bonchev–Trinajstić information content (AvgIpc) is 2.71. The standard InChI is InChI=1S/C22H20Br2N2O2/c1-13-19(23)12-18(22(28)21(13)24)14(2)25-26-20(27)10-8-15-7-9-16-5-3-4-6-17(16)11-15/h3-7,9,11-12,28H,8,10H2,1-2H3,(H,26,27)/b25-14-. The molecule has 0 saturated carbocycles. The second-order valence-electron chi connectivity index (χ2n) is 6.61. The van der Waals surface area contributed by atoms with E-state index in [-0.39, 0.29) is 11.7 Å². The van der Waals surface area contributed by atoms with E-state index in [4.69, 9.17) is 0 Å². The minimum absolute atomic E-state index is 0.104. The third-order valence-corrected chi connectivity index (χ3v) is 6.41. The van der Waals surface area contributed by atoms with E-state index in [1.54, 1.807) is 13.0 Å². The molecule has 0 aliphatic rings. The van der Waals surface area contributed by atoms with E-state index in [0.29, 0.717) is 28.6 Å². The van der Waals surface area contributed by atoms with Crippen molar-refractivity contribution in [1.29, 1.82) is 0 Å². The number of rotatable bonds is 5. The molecule has 6 heteroatoms. The maximum Gasteiger partial charge on any atom is 0.240 e. The van der Waals surface area contributed by atoms with Crippen molar-refractivity contribution < 1.29 is 9.90 Å². The second kappa shape index (κ2) is 8.88. The Bertz CT molecular complexity index is 1080. The molecule has 0 fully saturated rings. The number of nitrogens with zero attached hydrogens (tertiary/aromatic N) is 1. The molecule has 0 spiro atoms. The van der Waals surface area contributed by atoms with Gasteiger partial charge in [0.05, 0.1) is 10.2 Å². The summed E-state index contributed by atoms with van der Waals surface area (Å²) in [6.07, 6.45) is 0.973. The van der Waals surface area contributed by atoms with Gasteiger partial charge in [-0.25, -0.2) is 5.43 Å². The molecule has 28 heavy (non-hydrogen) atoms. The molecule has 3 aromatic carbocycles. The fourth-order valence-corrected chi connectivity index (χ4v) is 4.01. The molecule has 3 aromatic rings. The molecule has 0 unspecified atom stereocenters. The average molecular weight is 504 g/mol. The van der Waals surface area contributed by atoms with Crippen molar-refractivity contribution in [2.24, 2.45) is 5.10 Å². The van der Waals surface area contributed by atoms with E-state index in [2.05, 4.69) is 66.7 Å². The predicted molar refractivity (Wildman–Crippen MR) is 121 cm³/mol. The Kier molecular flexibility index (Phi) is 6.52. The molecular weight excluding hydrogens is 484 g/mol. The zero-order chi connectivity index (χ0) is 20.3. The third kappa shape index (κ3) is 4.62. The van der Waals surface area contributed by atoms with Gasteiger partial charge in [-0.3, -0.25) is 4.79 Å². The normalized spacial score (nSPS) is 11.6. The van der Waals surface area contributed by atoms with Crippen molar-refractivity contribution in [2.45, 2.75) is 26.7 Å². The Morgan fingerprint density at radius 3 is 2.57 bits per heavy atom. The van der Waals surface area contributed by atoms with Gasteiger partial charge in [-0.1, -0.05) is 58.4 Å². The van der Waals surface area contributed by atoms with Gasteiger partial charge in [-0.15, -0.1) is 0 Å². The summed E-state index contributed by atoms with van der Waals surface area (Å²) in [5, 5.41) is 16.8. The summed E-state index contributed by atoms with van der Waals surface area (Å²) in [5.41, 5.74) is 5.66. The third-order valence-electron chi connectivity index (χ3n) is 4.61. The number of carbonyl (C=O) groups is 1. The number of hydrazone groups is 1. The topological polar surface area (TPSA) is 61.7 Å². The molecule has 0 saturated heterocycles. The quantitative estimate of drug-likeness (QED) is 0.338. The Morgan fingerprint density at radius 2 is 1.82 bits per heavy atom. The van der Waals surface area contributed by atoms with Crippen molar-refractivity contribution in [3.05, 3.63) is 74.2 Å². The number of carbonyl (C=O) groups excluding carboxylic acids is 1. The lowest BCUT2D eigenvalue weighted by molar-refractivity contribution is -0.121. The summed E-state index contributed by atoms with van der Waals surface area (Å²) >= 11 is 6.84. The molecule has 4 nitrogen and oxygen atoms in total. The smallest absolute Gasteiger partial charge is 0.240 e. The van der Waals surface area contributed by atoms with Gasteiger partial charge in [-0.05, 0) is 64.2 Å². The van der Waals surface area contributed by atoms with Gasteiger partial charge in [0.1, 0.15) is 5.75 Å². The van der Waals surface area contributed by atoms with E-state index in [1.807, 2.05) is 25.1 Å². The zero-order valence-corrected chi connectivity index (χ0v) is 18.8. The highest BCUT2D eigenvalue weighted by molar-refractivity contribution is 9.11. The summed E-state index contributed by atoms with van der Waals surface area (Å²) < 4.78 is 1.46. The molecule has 0 heterocycles. The summed E-state index contributed by atoms with van der Waals surface area (Å²) in [4.78, 5) is 12.2. The van der Waals surface area contributed by atoms with Crippen LogP contribution in [0.15, 0.2) is 62.6 Å². The molecule has 0 atom stereocenters. The van der Waals surface area contributed by atoms with Crippen LogP contribution in [-0.2, 0) is 11.2 Å². The number of phenolic OH excluding ortho intramolecular Hbond substituents is 1. The predicted octanol–water partition coefficient (Wildman–Crippen LogP) is 5.85. The largest absolute Gasteiger partial charge is 0.506 e. The molecule has 3 rings (SSSR count). The number of hydrogen-bond acceptors (Lipinski definition) is 3. The van der Waals surface area contributed by atoms with Crippen LogP contribution in [0, 0.1) is 6.92 Å². The first kappa shape index (κ1) is 20.6. The van der Waals surface area contributed by atoms with Gasteiger partial charge < -0.3 is 5.11 Å². The van der Waals surface area contributed by atoms with E-state index in [9.17, 15) is 9.90 Å². The first-order chi connectivity index (χ1) is 13.4. The Balaban J connectivity index is 1.64. The van der Waals surface area contributed by atoms with Crippen LogP contribution in [-0.4, -0.2) is 16.7 Å². The van der Waals surface area contributed by atoms with Crippen molar-refractivity contribution in [1.82, 2.24) is 5.43 Å². The van der Waals surface area contributed by atoms with E-state index in [1.165, 1.54) is 10.8 Å². The van der Waals surface area contributed by atoms with Gasteiger partial charge in [0.2, 0.25) is 5.91 Å². The van der Waals surface area contributed by atoms with Crippen LogP contribution in [0.5, 0.6) is 5.75 Å². The van der Waals surface area contributed by atoms with E-state index >= 15 is 0 Å². The maximum absolute atomic E-state index is 12.2. The van der Waals surface area contributed by atoms with E-state index < -0.39 is 0 Å². The second-order valence-corrected chi connectivity index (χ2v) is 8.25. The first-order valence-electron chi connectivity index (χ1n) is 8.85. The van der Waals surface area contributed by atoms with E-state index in [0.717, 1.165) is 15.6 Å². The molecule has 144 valence electrons. The van der Waals surface area contributed by atoms with Gasteiger partial charge >= 0.3 is 0 Å². The summed E-state index contributed by atoms with van der Waals surface area (Å²) in [7, 11) is 0. The number of benzene rings is 3. The van der Waals surface area contributed by atoms with Crippen LogP contribution in [0.25, 0.3) is 10.8 Å². The van der Waals surface area contributed by atoms with Crippen molar-refractivity contribution in [2.75, 3.05) is 0 Å². The van der Waals surface area contributed by atoms with Gasteiger partial charge in [0.15, 0.2) is 0 Å². The van der Waals surface area contributed by atoms with Crippen molar-refractivity contribution in [3.8, 4) is 5.75 Å². The maximum atomic E-state index is 12.2. The number of amides is 1. The molecule has 0 bridgehead atoms. The number of aromatic hydroxyl groups is 1. The summed E-state index contributed by atoms with van der Waals surface area (Å²) in [6.45, 7) is 3.63. The fraction of sp³-hybridized carbons (Fsp3) is 0.182. The van der Waals surface area contributed by atoms with Crippen LogP contribution in [0.4, 0.5) is 0 Å². The highest BCUT2D eigenvalue weighted by atomic mass is 79.9. The van der Waals surface area contributed by atoms with Crippen LogP contribution >= 0.6 is 31.9 Å². The minimum Gasteiger partial charge on any atom is -0.506 e. The number of phenols is 1.